The van der Waals surface area contributed by atoms with Crippen molar-refractivity contribution in [2.45, 2.75) is 0 Å². The molecule has 0 saturated heterocycles. The standard InChI is InChI=1S/C88H55NOSi/c1-3-20-66(21-4-1)91(67-22-5-2-6-23-67)86-54-64(70-31-17-32-78-75-30-15-16-33-85(75)90-88(70)78)42-46-76(86)77-47-45-65(55-87(77)91)89-83-48-43-60(56-34-38-58(39-35-56)79-52-62-18-7-9-24-68(62)71-26-11-13-28-73(71)79)50-81(83)82-51-61(44-49-84(82)89)57-36-40-59(41-37-57)80-53-63-19-8-10-25-69(63)72-27-12-14-29-74(72)80/h1-55H. The van der Waals surface area contributed by atoms with Crippen LogP contribution in [0.3, 0.4) is 0 Å². The zero-order valence-electron chi connectivity index (χ0n) is 49.6. The lowest BCUT2D eigenvalue weighted by atomic mass is 9.92. The van der Waals surface area contributed by atoms with Gasteiger partial charge in [0.1, 0.15) is 11.2 Å². The van der Waals surface area contributed by atoms with Gasteiger partial charge in [0.25, 0.3) is 0 Å². The normalized spacial score (nSPS) is 12.7. The van der Waals surface area contributed by atoms with Gasteiger partial charge >= 0.3 is 0 Å². The van der Waals surface area contributed by atoms with Crippen molar-refractivity contribution in [2.75, 3.05) is 0 Å². The number of rotatable bonds is 8. The average molecular weight is 1170 g/mol. The van der Waals surface area contributed by atoms with Crippen LogP contribution in [0.15, 0.2) is 338 Å². The van der Waals surface area contributed by atoms with E-state index in [0.29, 0.717) is 0 Å². The van der Waals surface area contributed by atoms with Crippen LogP contribution in [0.4, 0.5) is 0 Å². The van der Waals surface area contributed by atoms with E-state index in [9.17, 15) is 0 Å². The predicted molar refractivity (Wildman–Crippen MR) is 388 cm³/mol. The summed E-state index contributed by atoms with van der Waals surface area (Å²) in [6.45, 7) is 0. The van der Waals surface area contributed by atoms with E-state index in [1.54, 1.807) is 0 Å². The second kappa shape index (κ2) is 20.2. The van der Waals surface area contributed by atoms with E-state index < -0.39 is 8.07 Å². The Hall–Kier alpha value is -11.6. The Kier molecular flexibility index (Phi) is 11.4. The van der Waals surface area contributed by atoms with Gasteiger partial charge in [0.2, 0.25) is 0 Å². The predicted octanol–water partition coefficient (Wildman–Crippen LogP) is 21.0. The Labute approximate surface area is 527 Å². The van der Waals surface area contributed by atoms with E-state index in [2.05, 4.69) is 338 Å². The molecule has 0 bridgehead atoms. The van der Waals surface area contributed by atoms with Gasteiger partial charge in [-0.25, -0.2) is 0 Å². The number of fused-ring (bicyclic) bond motifs is 15. The van der Waals surface area contributed by atoms with Gasteiger partial charge in [0.05, 0.1) is 11.0 Å². The van der Waals surface area contributed by atoms with Gasteiger partial charge in [-0.05, 0) is 180 Å². The molecule has 2 aromatic heterocycles. The van der Waals surface area contributed by atoms with E-state index in [-0.39, 0.29) is 0 Å². The molecule has 0 atom stereocenters. The van der Waals surface area contributed by atoms with Gasteiger partial charge in [-0.1, -0.05) is 279 Å². The molecule has 91 heavy (non-hydrogen) atoms. The fourth-order valence-corrected chi connectivity index (χ4v) is 20.9. The van der Waals surface area contributed by atoms with Crippen LogP contribution in [0.2, 0.25) is 0 Å². The molecule has 19 rings (SSSR count). The maximum Gasteiger partial charge on any atom is 0.180 e. The van der Waals surface area contributed by atoms with Gasteiger partial charge in [-0.3, -0.25) is 0 Å². The summed E-state index contributed by atoms with van der Waals surface area (Å²) in [5.74, 6) is 0. The zero-order valence-corrected chi connectivity index (χ0v) is 50.6. The monoisotopic (exact) mass is 1170 g/mol. The molecule has 0 fully saturated rings. The number of hydrogen-bond donors (Lipinski definition) is 0. The van der Waals surface area contributed by atoms with Crippen molar-refractivity contribution in [3.8, 4) is 72.4 Å². The van der Waals surface area contributed by atoms with Crippen LogP contribution in [0.25, 0.3) is 159 Å². The number of para-hydroxylation sites is 2. The van der Waals surface area contributed by atoms with Crippen molar-refractivity contribution in [3.63, 3.8) is 0 Å². The summed E-state index contributed by atoms with van der Waals surface area (Å²) < 4.78 is 9.27. The Bertz CT molecular complexity index is 5740. The molecule has 3 heterocycles. The second-order valence-electron chi connectivity index (χ2n) is 24.6. The Balaban J connectivity index is 0.791. The Morgan fingerprint density at radius 1 is 0.231 bits per heavy atom. The lowest BCUT2D eigenvalue weighted by molar-refractivity contribution is 0.670. The van der Waals surface area contributed by atoms with Crippen LogP contribution in [-0.2, 0) is 0 Å². The largest absolute Gasteiger partial charge is 0.455 e. The zero-order chi connectivity index (χ0) is 59.7. The topological polar surface area (TPSA) is 18.1 Å². The number of benzene rings is 16. The summed E-state index contributed by atoms with van der Waals surface area (Å²) in [7, 11) is -3.04. The van der Waals surface area contributed by atoms with Gasteiger partial charge in [0, 0.05) is 32.8 Å². The molecular formula is C88H55NOSi. The second-order valence-corrected chi connectivity index (χ2v) is 28.3. The summed E-state index contributed by atoms with van der Waals surface area (Å²) in [6.07, 6.45) is 0. The molecule has 0 N–H and O–H groups in total. The SMILES string of the molecule is c1ccc([Si]2(c3ccccc3)c3cc(-c4cccc5c4oc4ccccc45)ccc3-c3ccc(-n4c5ccc(-c6ccc(-c7cc8ccccc8c8ccccc78)cc6)cc5c5cc(-c6ccc(-c7cc8ccccc8c8ccccc78)cc6)ccc54)cc32)cc1. The Morgan fingerprint density at radius 3 is 1.22 bits per heavy atom. The summed E-state index contributed by atoms with van der Waals surface area (Å²) in [4.78, 5) is 0. The molecule has 0 saturated carbocycles. The number of furan rings is 1. The number of nitrogens with zero attached hydrogens (tertiary/aromatic N) is 1. The third kappa shape index (κ3) is 7.85. The molecule has 16 aromatic carbocycles. The molecular weight excluding hydrogens is 1120 g/mol. The van der Waals surface area contributed by atoms with Crippen molar-refractivity contribution in [1.29, 1.82) is 0 Å². The lowest BCUT2D eigenvalue weighted by Gasteiger charge is -2.32. The summed E-state index contributed by atoms with van der Waals surface area (Å²) in [5.41, 5.74) is 19.7. The Morgan fingerprint density at radius 2 is 0.659 bits per heavy atom. The summed E-state index contributed by atoms with van der Waals surface area (Å²) in [6, 6.07) is 125. The van der Waals surface area contributed by atoms with Crippen LogP contribution in [-0.4, -0.2) is 12.6 Å². The van der Waals surface area contributed by atoms with Crippen LogP contribution in [0.5, 0.6) is 0 Å². The highest BCUT2D eigenvalue weighted by Crippen LogP contribution is 2.43. The first kappa shape index (κ1) is 51.4. The van der Waals surface area contributed by atoms with Crippen molar-refractivity contribution in [2.24, 2.45) is 0 Å². The maximum atomic E-state index is 6.73. The number of hydrogen-bond acceptors (Lipinski definition) is 1. The molecule has 0 aliphatic carbocycles. The first-order valence-corrected chi connectivity index (χ1v) is 33.5. The quantitative estimate of drug-likeness (QED) is 0.110. The minimum atomic E-state index is -3.04. The number of aromatic nitrogens is 1. The van der Waals surface area contributed by atoms with Gasteiger partial charge in [-0.2, -0.15) is 0 Å². The molecule has 0 radical (unpaired) electrons. The van der Waals surface area contributed by atoms with E-state index in [1.807, 2.05) is 0 Å². The first-order chi connectivity index (χ1) is 45.1. The van der Waals surface area contributed by atoms with E-state index >= 15 is 0 Å². The van der Waals surface area contributed by atoms with Crippen LogP contribution < -0.4 is 20.7 Å². The molecule has 0 unspecified atom stereocenters. The van der Waals surface area contributed by atoms with E-state index in [1.165, 1.54) is 130 Å². The molecule has 3 heteroatoms. The molecule has 1 aliphatic rings. The van der Waals surface area contributed by atoms with Gasteiger partial charge in [0.15, 0.2) is 8.07 Å². The smallest absolute Gasteiger partial charge is 0.180 e. The molecule has 0 spiro atoms. The minimum Gasteiger partial charge on any atom is -0.455 e. The molecule has 1 aliphatic heterocycles. The van der Waals surface area contributed by atoms with Crippen molar-refractivity contribution in [1.82, 2.24) is 4.57 Å². The van der Waals surface area contributed by atoms with Gasteiger partial charge < -0.3 is 8.98 Å². The highest BCUT2D eigenvalue weighted by Gasteiger charge is 2.49. The molecule has 2 nitrogen and oxygen atoms in total. The fourth-order valence-electron chi connectivity index (χ4n) is 15.7. The summed E-state index contributed by atoms with van der Waals surface area (Å²) >= 11 is 0. The van der Waals surface area contributed by atoms with Crippen molar-refractivity contribution < 1.29 is 4.42 Å². The maximum absolute atomic E-state index is 6.73. The van der Waals surface area contributed by atoms with Crippen molar-refractivity contribution in [3.05, 3.63) is 334 Å². The highest BCUT2D eigenvalue weighted by atomic mass is 28.3. The third-order valence-corrected chi connectivity index (χ3v) is 24.7. The minimum absolute atomic E-state index is 0.904. The van der Waals surface area contributed by atoms with Crippen LogP contribution >= 0.6 is 0 Å². The molecule has 422 valence electrons. The molecule has 18 aromatic rings. The lowest BCUT2D eigenvalue weighted by Crippen LogP contribution is -2.72. The average Bonchev–Trinajstić information content (AvgIpc) is 1.55. The van der Waals surface area contributed by atoms with Gasteiger partial charge in [-0.15, -0.1) is 0 Å². The molecule has 0 amide bonds. The highest BCUT2D eigenvalue weighted by molar-refractivity contribution is 7.22. The van der Waals surface area contributed by atoms with Crippen LogP contribution in [0, 0.1) is 0 Å². The third-order valence-electron chi connectivity index (χ3n) is 19.9. The first-order valence-electron chi connectivity index (χ1n) is 31.5. The van der Waals surface area contributed by atoms with E-state index in [4.69, 9.17) is 4.42 Å². The van der Waals surface area contributed by atoms with E-state index in [0.717, 1.165) is 49.8 Å². The van der Waals surface area contributed by atoms with Crippen molar-refractivity contribution >= 4 is 116 Å². The van der Waals surface area contributed by atoms with Crippen LogP contribution in [0.1, 0.15) is 0 Å². The fraction of sp³-hybridized carbons (Fsp3) is 0. The summed E-state index contributed by atoms with van der Waals surface area (Å²) in [5, 5.41) is 20.3.